The van der Waals surface area contributed by atoms with E-state index >= 15 is 0 Å². The number of amides is 1. The first kappa shape index (κ1) is 14.6. The van der Waals surface area contributed by atoms with Gasteiger partial charge in [-0.05, 0) is 44.0 Å². The molecule has 1 aliphatic rings. The summed E-state index contributed by atoms with van der Waals surface area (Å²) in [6, 6.07) is 7.47. The fraction of sp³-hybridized carbons (Fsp3) is 0.438. The minimum Gasteiger partial charge on any atom is -0.378 e. The van der Waals surface area contributed by atoms with Gasteiger partial charge in [0.25, 0.3) is 5.91 Å². The number of carbonyl (C=O) groups is 1. The monoisotopic (exact) mass is 272 g/mol. The first-order valence-corrected chi connectivity index (χ1v) is 6.94. The zero-order valence-electron chi connectivity index (χ0n) is 11.7. The van der Waals surface area contributed by atoms with Gasteiger partial charge in [0, 0.05) is 23.8 Å². The van der Waals surface area contributed by atoms with Crippen LogP contribution in [0.1, 0.15) is 35.7 Å². The molecule has 0 spiro atoms. The van der Waals surface area contributed by atoms with E-state index in [2.05, 4.69) is 17.2 Å². The molecular formula is C16H20N2O2. The van der Waals surface area contributed by atoms with Gasteiger partial charge >= 0.3 is 0 Å². The summed E-state index contributed by atoms with van der Waals surface area (Å²) in [7, 11) is 0. The lowest BCUT2D eigenvalue weighted by Gasteiger charge is -2.35. The van der Waals surface area contributed by atoms with Crippen molar-refractivity contribution in [3.05, 3.63) is 35.4 Å². The van der Waals surface area contributed by atoms with E-state index in [0.29, 0.717) is 18.2 Å². The van der Waals surface area contributed by atoms with Gasteiger partial charge in [0.2, 0.25) is 0 Å². The van der Waals surface area contributed by atoms with Crippen LogP contribution in [0.4, 0.5) is 0 Å². The molecule has 4 heteroatoms. The van der Waals surface area contributed by atoms with Crippen molar-refractivity contribution in [3.8, 4) is 11.8 Å². The average Bonchev–Trinajstić information content (AvgIpc) is 2.43. The number of hydrogen-bond donors (Lipinski definition) is 2. The molecule has 0 aromatic heterocycles. The number of hydrogen-bond acceptors (Lipinski definition) is 3. The van der Waals surface area contributed by atoms with Crippen LogP contribution in [0.5, 0.6) is 0 Å². The van der Waals surface area contributed by atoms with Gasteiger partial charge in [-0.2, -0.15) is 0 Å². The van der Waals surface area contributed by atoms with Crippen LogP contribution in [0.25, 0.3) is 0 Å². The maximum atomic E-state index is 12.0. The van der Waals surface area contributed by atoms with E-state index in [9.17, 15) is 4.79 Å². The highest BCUT2D eigenvalue weighted by Crippen LogP contribution is 2.23. The van der Waals surface area contributed by atoms with Gasteiger partial charge in [0.05, 0.1) is 12.6 Å². The molecule has 0 bridgehead atoms. The maximum Gasteiger partial charge on any atom is 0.251 e. The third kappa shape index (κ3) is 3.83. The van der Waals surface area contributed by atoms with Crippen molar-refractivity contribution in [1.29, 1.82) is 0 Å². The molecule has 1 fully saturated rings. The van der Waals surface area contributed by atoms with E-state index < -0.39 is 0 Å². The van der Waals surface area contributed by atoms with Crippen molar-refractivity contribution in [2.45, 2.75) is 31.9 Å². The Bertz CT molecular complexity index is 508. The largest absolute Gasteiger partial charge is 0.378 e. The smallest absolute Gasteiger partial charge is 0.251 e. The van der Waals surface area contributed by atoms with E-state index in [1.165, 1.54) is 0 Å². The molecule has 1 aromatic carbocycles. The van der Waals surface area contributed by atoms with Crippen LogP contribution < -0.4 is 11.1 Å². The molecule has 0 saturated heterocycles. The maximum absolute atomic E-state index is 12.0. The number of carbonyl (C=O) groups excluding carboxylic acids is 1. The number of benzene rings is 1. The predicted octanol–water partition coefficient (Wildman–Crippen LogP) is 1.29. The van der Waals surface area contributed by atoms with Crippen molar-refractivity contribution in [2.24, 2.45) is 5.73 Å². The summed E-state index contributed by atoms with van der Waals surface area (Å²) in [6.07, 6.45) is 2.11. The van der Waals surface area contributed by atoms with Gasteiger partial charge in [-0.1, -0.05) is 11.8 Å². The first-order valence-electron chi connectivity index (χ1n) is 6.94. The third-order valence-electron chi connectivity index (χ3n) is 3.31. The number of nitrogens with two attached hydrogens (primary N) is 1. The van der Waals surface area contributed by atoms with Gasteiger partial charge in [-0.25, -0.2) is 0 Å². The summed E-state index contributed by atoms with van der Waals surface area (Å²) in [5, 5.41) is 3.01. The highest BCUT2D eigenvalue weighted by Gasteiger charge is 2.30. The Kier molecular flexibility index (Phi) is 5.16. The molecule has 1 aromatic rings. The van der Waals surface area contributed by atoms with Gasteiger partial charge in [-0.15, -0.1) is 0 Å². The quantitative estimate of drug-likeness (QED) is 0.812. The molecule has 0 radical (unpaired) electrons. The molecule has 106 valence electrons. The standard InChI is InChI=1S/C16H20N2O2/c1-2-20-15-10-14(11-15)18-16(19)13-7-5-12(6-8-13)4-3-9-17/h5-8,14-15H,2,9-11,17H2,1H3,(H,18,19). The second kappa shape index (κ2) is 7.09. The Morgan fingerprint density at radius 3 is 2.70 bits per heavy atom. The minimum absolute atomic E-state index is 0.0386. The van der Waals surface area contributed by atoms with Crippen LogP contribution in [0, 0.1) is 11.8 Å². The molecule has 0 aliphatic heterocycles. The van der Waals surface area contributed by atoms with Crippen molar-refractivity contribution >= 4 is 5.91 Å². The summed E-state index contributed by atoms with van der Waals surface area (Å²) in [6.45, 7) is 3.06. The number of nitrogens with one attached hydrogen (secondary N) is 1. The zero-order chi connectivity index (χ0) is 14.4. The van der Waals surface area contributed by atoms with E-state index in [1.54, 1.807) is 12.1 Å². The molecule has 0 heterocycles. The Balaban J connectivity index is 1.84. The van der Waals surface area contributed by atoms with Crippen molar-refractivity contribution in [1.82, 2.24) is 5.32 Å². The van der Waals surface area contributed by atoms with Crippen molar-refractivity contribution in [3.63, 3.8) is 0 Å². The van der Waals surface area contributed by atoms with Crippen LogP contribution in [0.2, 0.25) is 0 Å². The van der Waals surface area contributed by atoms with Gasteiger partial charge in [0.1, 0.15) is 0 Å². The summed E-state index contributed by atoms with van der Waals surface area (Å²) in [5.41, 5.74) is 6.84. The highest BCUT2D eigenvalue weighted by molar-refractivity contribution is 5.94. The molecule has 1 amide bonds. The van der Waals surface area contributed by atoms with E-state index in [1.807, 2.05) is 19.1 Å². The van der Waals surface area contributed by atoms with Crippen molar-refractivity contribution in [2.75, 3.05) is 13.2 Å². The Hall–Kier alpha value is -1.83. The molecule has 3 N–H and O–H groups in total. The average molecular weight is 272 g/mol. The normalized spacial score (nSPS) is 20.5. The zero-order valence-corrected chi connectivity index (χ0v) is 11.7. The van der Waals surface area contributed by atoms with E-state index in [4.69, 9.17) is 10.5 Å². The Morgan fingerprint density at radius 2 is 2.10 bits per heavy atom. The lowest BCUT2D eigenvalue weighted by atomic mass is 9.89. The molecule has 1 saturated carbocycles. The number of rotatable bonds is 4. The van der Waals surface area contributed by atoms with Crippen LogP contribution in [-0.2, 0) is 4.74 Å². The molecule has 0 atom stereocenters. The molecule has 1 aliphatic carbocycles. The summed E-state index contributed by atoms with van der Waals surface area (Å²) < 4.78 is 5.47. The lowest BCUT2D eigenvalue weighted by Crippen LogP contribution is -2.47. The summed E-state index contributed by atoms with van der Waals surface area (Å²) in [4.78, 5) is 12.0. The van der Waals surface area contributed by atoms with Crippen LogP contribution in [0.3, 0.4) is 0 Å². The summed E-state index contributed by atoms with van der Waals surface area (Å²) in [5.74, 6) is 5.68. The van der Waals surface area contributed by atoms with Crippen LogP contribution in [-0.4, -0.2) is 31.2 Å². The summed E-state index contributed by atoms with van der Waals surface area (Å²) >= 11 is 0. The Morgan fingerprint density at radius 1 is 1.40 bits per heavy atom. The van der Waals surface area contributed by atoms with E-state index in [-0.39, 0.29) is 11.9 Å². The SMILES string of the molecule is CCOC1CC(NC(=O)c2ccc(C#CCN)cc2)C1. The molecule has 20 heavy (non-hydrogen) atoms. The highest BCUT2D eigenvalue weighted by atomic mass is 16.5. The van der Waals surface area contributed by atoms with Crippen molar-refractivity contribution < 1.29 is 9.53 Å². The van der Waals surface area contributed by atoms with E-state index in [0.717, 1.165) is 25.0 Å². The fourth-order valence-corrected chi connectivity index (χ4v) is 2.18. The minimum atomic E-state index is -0.0386. The van der Waals surface area contributed by atoms with Crippen LogP contribution >= 0.6 is 0 Å². The topological polar surface area (TPSA) is 64.3 Å². The Labute approximate surface area is 119 Å². The lowest BCUT2D eigenvalue weighted by molar-refractivity contribution is -0.00862. The van der Waals surface area contributed by atoms with Gasteiger partial charge in [0.15, 0.2) is 0 Å². The van der Waals surface area contributed by atoms with Crippen LogP contribution in [0.15, 0.2) is 24.3 Å². The van der Waals surface area contributed by atoms with Gasteiger partial charge in [-0.3, -0.25) is 4.79 Å². The fourth-order valence-electron chi connectivity index (χ4n) is 2.18. The van der Waals surface area contributed by atoms with Gasteiger partial charge < -0.3 is 15.8 Å². The first-order chi connectivity index (χ1) is 9.72. The molecular weight excluding hydrogens is 252 g/mol. The third-order valence-corrected chi connectivity index (χ3v) is 3.31. The predicted molar refractivity (Wildman–Crippen MR) is 78.3 cm³/mol. The molecule has 4 nitrogen and oxygen atoms in total. The molecule has 2 rings (SSSR count). The second-order valence-corrected chi connectivity index (χ2v) is 4.80. The second-order valence-electron chi connectivity index (χ2n) is 4.80. The number of ether oxygens (including phenoxy) is 1. The molecule has 0 unspecified atom stereocenters.